The zero-order chi connectivity index (χ0) is 18.7. The van der Waals surface area contributed by atoms with Gasteiger partial charge in [-0.2, -0.15) is 13.2 Å². The van der Waals surface area contributed by atoms with Crippen LogP contribution < -0.4 is 10.2 Å². The molecule has 0 spiro atoms. The van der Waals surface area contributed by atoms with Crippen LogP contribution in [0.15, 0.2) is 24.3 Å². The highest BCUT2D eigenvalue weighted by atomic mass is 19.4. The van der Waals surface area contributed by atoms with Gasteiger partial charge in [0.2, 0.25) is 5.91 Å². The molecule has 1 saturated heterocycles. The molecule has 1 aliphatic heterocycles. The van der Waals surface area contributed by atoms with Crippen LogP contribution in [-0.2, 0) is 11.0 Å². The quantitative estimate of drug-likeness (QED) is 0.783. The van der Waals surface area contributed by atoms with Crippen molar-refractivity contribution in [2.75, 3.05) is 44.2 Å². The van der Waals surface area contributed by atoms with E-state index in [1.807, 2.05) is 4.90 Å². The Morgan fingerprint density at radius 3 is 2.54 bits per heavy atom. The number of rotatable bonds is 6. The van der Waals surface area contributed by atoms with E-state index in [0.717, 1.165) is 38.5 Å². The highest BCUT2D eigenvalue weighted by Crippen LogP contribution is 2.37. The van der Waals surface area contributed by atoms with Crippen LogP contribution in [0.1, 0.15) is 25.3 Å². The predicted molar refractivity (Wildman–Crippen MR) is 95.0 cm³/mol. The van der Waals surface area contributed by atoms with Crippen LogP contribution in [0.25, 0.3) is 0 Å². The van der Waals surface area contributed by atoms with E-state index < -0.39 is 11.7 Å². The van der Waals surface area contributed by atoms with Gasteiger partial charge in [0.25, 0.3) is 0 Å². The summed E-state index contributed by atoms with van der Waals surface area (Å²) < 4.78 is 38.5. The molecule has 2 atom stereocenters. The molecule has 4 nitrogen and oxygen atoms in total. The Morgan fingerprint density at radius 1 is 1.23 bits per heavy atom. The molecule has 1 aromatic carbocycles. The summed E-state index contributed by atoms with van der Waals surface area (Å²) in [6.45, 7) is 6.76. The van der Waals surface area contributed by atoms with Crippen molar-refractivity contribution in [1.29, 1.82) is 0 Å². The fourth-order valence-electron chi connectivity index (χ4n) is 3.44. The lowest BCUT2D eigenvalue weighted by Gasteiger charge is -2.36. The summed E-state index contributed by atoms with van der Waals surface area (Å²) in [4.78, 5) is 16.1. The lowest BCUT2D eigenvalue weighted by molar-refractivity contribution is -0.137. The van der Waals surface area contributed by atoms with Crippen molar-refractivity contribution < 1.29 is 18.0 Å². The predicted octanol–water partition coefficient (Wildman–Crippen LogP) is 2.99. The van der Waals surface area contributed by atoms with Crippen LogP contribution in [-0.4, -0.2) is 50.1 Å². The van der Waals surface area contributed by atoms with E-state index in [0.29, 0.717) is 31.2 Å². The lowest BCUT2D eigenvalue weighted by atomic mass is 10.1. The Bertz CT molecular complexity index is 627. The molecule has 1 aromatic rings. The molecule has 1 heterocycles. The minimum Gasteiger partial charge on any atom is -0.369 e. The summed E-state index contributed by atoms with van der Waals surface area (Å²) in [6.07, 6.45) is -2.40. The third-order valence-corrected chi connectivity index (χ3v) is 5.31. The minimum atomic E-state index is -4.31. The molecular weight excluding hydrogens is 343 g/mol. The molecule has 7 heteroatoms. The molecular formula is C19H26F3N3O. The average molecular weight is 369 g/mol. The molecule has 0 bridgehead atoms. The van der Waals surface area contributed by atoms with E-state index in [4.69, 9.17) is 0 Å². The number of alkyl halides is 3. The normalized spacial score (nSPS) is 23.8. The maximum absolute atomic E-state index is 12.8. The van der Waals surface area contributed by atoms with Crippen molar-refractivity contribution >= 4 is 11.6 Å². The summed E-state index contributed by atoms with van der Waals surface area (Å²) in [7, 11) is 0. The van der Waals surface area contributed by atoms with Crippen LogP contribution in [0.5, 0.6) is 0 Å². The highest BCUT2D eigenvalue weighted by molar-refractivity contribution is 5.81. The molecule has 3 rings (SSSR count). The van der Waals surface area contributed by atoms with E-state index in [1.54, 1.807) is 6.07 Å². The Morgan fingerprint density at radius 2 is 1.92 bits per heavy atom. The maximum Gasteiger partial charge on any atom is 0.416 e. The number of halogens is 3. The number of carbonyl (C=O) groups is 1. The van der Waals surface area contributed by atoms with Crippen molar-refractivity contribution in [1.82, 2.24) is 10.2 Å². The number of nitrogens with one attached hydrogen (secondary N) is 1. The van der Waals surface area contributed by atoms with Gasteiger partial charge in [-0.1, -0.05) is 13.0 Å². The summed E-state index contributed by atoms with van der Waals surface area (Å²) in [5, 5.41) is 2.99. The first-order valence-electron chi connectivity index (χ1n) is 9.27. The number of hydrogen-bond acceptors (Lipinski definition) is 3. The molecule has 144 valence electrons. The molecule has 1 saturated carbocycles. The smallest absolute Gasteiger partial charge is 0.369 e. The highest BCUT2D eigenvalue weighted by Gasteiger charge is 2.38. The van der Waals surface area contributed by atoms with Crippen LogP contribution >= 0.6 is 0 Å². The van der Waals surface area contributed by atoms with Gasteiger partial charge in [-0.3, -0.25) is 9.69 Å². The fourth-order valence-corrected chi connectivity index (χ4v) is 3.44. The molecule has 0 aromatic heterocycles. The Hall–Kier alpha value is -1.76. The van der Waals surface area contributed by atoms with Crippen LogP contribution in [0.4, 0.5) is 18.9 Å². The van der Waals surface area contributed by atoms with Crippen LogP contribution in [0, 0.1) is 11.8 Å². The number of amides is 1. The SMILES string of the molecule is C[C@@H]1C[C@@H]1C(=O)NCCCN1CCN(c2cccc(C(F)(F)F)c2)CC1. The van der Waals surface area contributed by atoms with Gasteiger partial charge in [-0.15, -0.1) is 0 Å². The second kappa shape index (κ2) is 7.86. The number of piperazine rings is 1. The molecule has 0 radical (unpaired) electrons. The van der Waals surface area contributed by atoms with Gasteiger partial charge < -0.3 is 10.2 Å². The lowest BCUT2D eigenvalue weighted by Crippen LogP contribution is -2.47. The number of anilines is 1. The van der Waals surface area contributed by atoms with Crippen molar-refractivity contribution in [3.63, 3.8) is 0 Å². The minimum absolute atomic E-state index is 0.173. The number of nitrogens with zero attached hydrogens (tertiary/aromatic N) is 2. The first-order valence-corrected chi connectivity index (χ1v) is 9.27. The molecule has 1 amide bonds. The van der Waals surface area contributed by atoms with E-state index >= 15 is 0 Å². The number of hydrogen-bond donors (Lipinski definition) is 1. The third-order valence-electron chi connectivity index (χ3n) is 5.31. The van der Waals surface area contributed by atoms with Crippen molar-refractivity contribution in [2.45, 2.75) is 25.9 Å². The van der Waals surface area contributed by atoms with Crippen molar-refractivity contribution in [3.05, 3.63) is 29.8 Å². The first kappa shape index (κ1) is 19.0. The zero-order valence-electron chi connectivity index (χ0n) is 15.1. The van der Waals surface area contributed by atoms with Gasteiger partial charge in [-0.25, -0.2) is 0 Å². The maximum atomic E-state index is 12.8. The second-order valence-corrected chi connectivity index (χ2v) is 7.34. The number of benzene rings is 1. The zero-order valence-corrected chi connectivity index (χ0v) is 15.1. The first-order chi connectivity index (χ1) is 12.3. The molecule has 1 aliphatic carbocycles. The summed E-state index contributed by atoms with van der Waals surface area (Å²) in [6, 6.07) is 5.54. The van der Waals surface area contributed by atoms with Gasteiger partial charge in [0.1, 0.15) is 0 Å². The molecule has 2 aliphatic rings. The average Bonchev–Trinajstić information content (AvgIpc) is 3.35. The standard InChI is InChI=1S/C19H26F3N3O/c1-14-12-17(14)18(26)23-6-3-7-24-8-10-25(11-9-24)16-5-2-4-15(13-16)19(20,21)22/h2,4-5,13-14,17H,3,6-12H2,1H3,(H,23,26)/t14-,17+/m1/s1. The topological polar surface area (TPSA) is 35.6 Å². The number of carbonyl (C=O) groups excluding carboxylic acids is 1. The van der Waals surface area contributed by atoms with Crippen LogP contribution in [0.2, 0.25) is 0 Å². The Balaban J connectivity index is 1.38. The monoisotopic (exact) mass is 369 g/mol. The van der Waals surface area contributed by atoms with Gasteiger partial charge >= 0.3 is 6.18 Å². The van der Waals surface area contributed by atoms with Gasteiger partial charge in [0, 0.05) is 44.3 Å². The van der Waals surface area contributed by atoms with Crippen molar-refractivity contribution in [3.8, 4) is 0 Å². The van der Waals surface area contributed by atoms with Gasteiger partial charge in [0.05, 0.1) is 5.56 Å². The summed E-state index contributed by atoms with van der Waals surface area (Å²) >= 11 is 0. The van der Waals surface area contributed by atoms with Gasteiger partial charge in [-0.05, 0) is 43.5 Å². The van der Waals surface area contributed by atoms with E-state index in [-0.39, 0.29) is 11.8 Å². The molecule has 2 fully saturated rings. The third kappa shape index (κ3) is 4.90. The van der Waals surface area contributed by atoms with E-state index in [1.165, 1.54) is 12.1 Å². The van der Waals surface area contributed by atoms with E-state index in [9.17, 15) is 18.0 Å². The summed E-state index contributed by atoms with van der Waals surface area (Å²) in [5.74, 6) is 0.914. The Kier molecular flexibility index (Phi) is 5.75. The second-order valence-electron chi connectivity index (χ2n) is 7.34. The van der Waals surface area contributed by atoms with Crippen LogP contribution in [0.3, 0.4) is 0 Å². The summed E-state index contributed by atoms with van der Waals surface area (Å²) in [5.41, 5.74) is 0.0310. The molecule has 0 unspecified atom stereocenters. The molecule has 1 N–H and O–H groups in total. The van der Waals surface area contributed by atoms with Gasteiger partial charge in [0.15, 0.2) is 0 Å². The fraction of sp³-hybridized carbons (Fsp3) is 0.632. The Labute approximate surface area is 152 Å². The largest absolute Gasteiger partial charge is 0.416 e. The van der Waals surface area contributed by atoms with E-state index in [2.05, 4.69) is 17.1 Å². The van der Waals surface area contributed by atoms with Crippen molar-refractivity contribution in [2.24, 2.45) is 11.8 Å². The molecule has 26 heavy (non-hydrogen) atoms.